The van der Waals surface area contributed by atoms with Crippen LogP contribution in [-0.4, -0.2) is 32.0 Å². The van der Waals surface area contributed by atoms with Gasteiger partial charge in [0.25, 0.3) is 5.91 Å². The van der Waals surface area contributed by atoms with Crippen LogP contribution in [-0.2, 0) is 0 Å². The maximum absolute atomic E-state index is 12.3. The zero-order chi connectivity index (χ0) is 16.6. The summed E-state index contributed by atoms with van der Waals surface area (Å²) in [5.41, 5.74) is 6.02. The summed E-state index contributed by atoms with van der Waals surface area (Å²) in [4.78, 5) is 34.7. The van der Waals surface area contributed by atoms with Crippen LogP contribution in [0.15, 0.2) is 29.1 Å². The number of hydrogen-bond acceptors (Lipinski definition) is 5. The van der Waals surface area contributed by atoms with E-state index in [1.54, 1.807) is 31.2 Å². The van der Waals surface area contributed by atoms with Crippen LogP contribution in [0.3, 0.4) is 0 Å². The summed E-state index contributed by atoms with van der Waals surface area (Å²) < 4.78 is 6.75. The van der Waals surface area contributed by atoms with E-state index in [2.05, 4.69) is 15.0 Å². The molecule has 118 valence electrons. The van der Waals surface area contributed by atoms with Crippen molar-refractivity contribution >= 4 is 17.1 Å². The molecule has 3 aromatic rings. The van der Waals surface area contributed by atoms with E-state index in [1.807, 2.05) is 6.92 Å². The number of nitrogens with two attached hydrogens (primary N) is 1. The Morgan fingerprint density at radius 1 is 1.30 bits per heavy atom. The highest BCUT2D eigenvalue weighted by atomic mass is 16.5. The standard InChI is InChI=1S/C15H15N5O3/c1-3-23-10-6-4-9(5-7-10)20-14-12(19-15(20)22)11(13(16)21)17-8(2)18-14/h4-7H,3H2,1-2H3,(H2,16,21)(H,19,22). The van der Waals surface area contributed by atoms with Crippen molar-refractivity contribution < 1.29 is 9.53 Å². The van der Waals surface area contributed by atoms with Crippen LogP contribution in [0.1, 0.15) is 23.2 Å². The van der Waals surface area contributed by atoms with Crippen LogP contribution in [0.5, 0.6) is 5.75 Å². The van der Waals surface area contributed by atoms with Crippen molar-refractivity contribution in [1.82, 2.24) is 19.5 Å². The summed E-state index contributed by atoms with van der Waals surface area (Å²) in [5.74, 6) is 0.332. The third kappa shape index (κ3) is 2.54. The van der Waals surface area contributed by atoms with E-state index in [0.717, 1.165) is 0 Å². The number of rotatable bonds is 4. The number of benzene rings is 1. The molecule has 2 aromatic heterocycles. The fourth-order valence-corrected chi connectivity index (χ4v) is 2.37. The minimum atomic E-state index is -0.722. The number of aromatic amines is 1. The topological polar surface area (TPSA) is 116 Å². The van der Waals surface area contributed by atoms with E-state index in [9.17, 15) is 9.59 Å². The van der Waals surface area contributed by atoms with Gasteiger partial charge in [0.15, 0.2) is 11.3 Å². The van der Waals surface area contributed by atoms with Crippen LogP contribution in [0.2, 0.25) is 0 Å². The van der Waals surface area contributed by atoms with E-state index in [4.69, 9.17) is 10.5 Å². The normalized spacial score (nSPS) is 10.9. The Kier molecular flexibility index (Phi) is 3.57. The van der Waals surface area contributed by atoms with Gasteiger partial charge in [-0.25, -0.2) is 19.3 Å². The summed E-state index contributed by atoms with van der Waals surface area (Å²) in [6.07, 6.45) is 0. The lowest BCUT2D eigenvalue weighted by Gasteiger charge is -2.06. The number of nitrogens with zero attached hydrogens (tertiary/aromatic N) is 3. The summed E-state index contributed by atoms with van der Waals surface area (Å²) in [6.45, 7) is 4.08. The molecule has 0 aliphatic heterocycles. The molecule has 1 aromatic carbocycles. The van der Waals surface area contributed by atoms with Crippen molar-refractivity contribution in [3.8, 4) is 11.4 Å². The molecule has 0 saturated heterocycles. The van der Waals surface area contributed by atoms with Crippen LogP contribution in [0.4, 0.5) is 0 Å². The first kappa shape index (κ1) is 14.8. The Morgan fingerprint density at radius 3 is 2.61 bits per heavy atom. The first-order valence-electron chi connectivity index (χ1n) is 7.03. The molecule has 0 aliphatic carbocycles. The molecule has 3 N–H and O–H groups in total. The van der Waals surface area contributed by atoms with E-state index in [0.29, 0.717) is 29.5 Å². The number of ether oxygens (including phenoxy) is 1. The van der Waals surface area contributed by atoms with Gasteiger partial charge in [-0.05, 0) is 38.1 Å². The zero-order valence-corrected chi connectivity index (χ0v) is 12.7. The Labute approximate surface area is 130 Å². The third-order valence-electron chi connectivity index (χ3n) is 3.29. The van der Waals surface area contributed by atoms with Gasteiger partial charge in [-0.15, -0.1) is 0 Å². The second-order valence-corrected chi connectivity index (χ2v) is 4.87. The second kappa shape index (κ2) is 5.56. The number of fused-ring (bicyclic) bond motifs is 1. The predicted octanol–water partition coefficient (Wildman–Crippen LogP) is 0.915. The molecule has 1 amide bonds. The van der Waals surface area contributed by atoms with Gasteiger partial charge in [-0.3, -0.25) is 4.79 Å². The fourth-order valence-electron chi connectivity index (χ4n) is 2.37. The molecule has 0 unspecified atom stereocenters. The van der Waals surface area contributed by atoms with Crippen molar-refractivity contribution in [3.05, 3.63) is 46.3 Å². The number of nitrogens with one attached hydrogen (secondary N) is 1. The van der Waals surface area contributed by atoms with Gasteiger partial charge < -0.3 is 15.5 Å². The molecular formula is C15H15N5O3. The molecule has 0 atom stereocenters. The van der Waals surface area contributed by atoms with Crippen molar-refractivity contribution in [2.45, 2.75) is 13.8 Å². The molecule has 0 fully saturated rings. The van der Waals surface area contributed by atoms with Gasteiger partial charge in [-0.2, -0.15) is 0 Å². The number of carbonyl (C=O) groups is 1. The number of amides is 1. The second-order valence-electron chi connectivity index (χ2n) is 4.87. The monoisotopic (exact) mass is 313 g/mol. The Bertz CT molecular complexity index is 940. The van der Waals surface area contributed by atoms with Gasteiger partial charge >= 0.3 is 5.69 Å². The average molecular weight is 313 g/mol. The van der Waals surface area contributed by atoms with E-state index in [-0.39, 0.29) is 11.2 Å². The molecular weight excluding hydrogens is 298 g/mol. The third-order valence-corrected chi connectivity index (χ3v) is 3.29. The first-order valence-corrected chi connectivity index (χ1v) is 7.03. The molecule has 0 spiro atoms. The maximum Gasteiger partial charge on any atom is 0.332 e. The van der Waals surface area contributed by atoms with Crippen LogP contribution in [0, 0.1) is 6.92 Å². The molecule has 3 rings (SSSR count). The number of aromatic nitrogens is 4. The molecule has 0 aliphatic rings. The largest absolute Gasteiger partial charge is 0.494 e. The van der Waals surface area contributed by atoms with E-state index >= 15 is 0 Å². The van der Waals surface area contributed by atoms with Crippen LogP contribution >= 0.6 is 0 Å². The highest BCUT2D eigenvalue weighted by Crippen LogP contribution is 2.19. The number of primary amides is 1. The van der Waals surface area contributed by atoms with E-state index in [1.165, 1.54) is 4.57 Å². The minimum Gasteiger partial charge on any atom is -0.494 e. The van der Waals surface area contributed by atoms with E-state index < -0.39 is 11.6 Å². The Morgan fingerprint density at radius 2 is 2.00 bits per heavy atom. The number of hydrogen-bond donors (Lipinski definition) is 2. The Balaban J connectivity index is 2.23. The van der Waals surface area contributed by atoms with Gasteiger partial charge in [0.2, 0.25) is 0 Å². The smallest absolute Gasteiger partial charge is 0.332 e. The van der Waals surface area contributed by atoms with Crippen molar-refractivity contribution in [2.24, 2.45) is 5.73 Å². The van der Waals surface area contributed by atoms with Crippen molar-refractivity contribution in [2.75, 3.05) is 6.61 Å². The quantitative estimate of drug-likeness (QED) is 0.743. The molecule has 8 nitrogen and oxygen atoms in total. The lowest BCUT2D eigenvalue weighted by atomic mass is 10.3. The van der Waals surface area contributed by atoms with Crippen LogP contribution in [0.25, 0.3) is 16.9 Å². The Hall–Kier alpha value is -3.16. The first-order chi connectivity index (χ1) is 11.0. The summed E-state index contributed by atoms with van der Waals surface area (Å²) in [5, 5.41) is 0. The van der Waals surface area contributed by atoms with Crippen molar-refractivity contribution in [3.63, 3.8) is 0 Å². The predicted molar refractivity (Wildman–Crippen MR) is 83.9 cm³/mol. The molecule has 0 saturated carbocycles. The zero-order valence-electron chi connectivity index (χ0n) is 12.7. The molecule has 2 heterocycles. The fraction of sp³-hybridized carbons (Fsp3) is 0.200. The number of H-pyrrole nitrogens is 1. The number of carbonyl (C=O) groups excluding carboxylic acids is 1. The van der Waals surface area contributed by atoms with Crippen molar-refractivity contribution in [1.29, 1.82) is 0 Å². The van der Waals surface area contributed by atoms with Crippen LogP contribution < -0.4 is 16.2 Å². The lowest BCUT2D eigenvalue weighted by Crippen LogP contribution is -2.15. The molecule has 8 heteroatoms. The highest BCUT2D eigenvalue weighted by Gasteiger charge is 2.18. The lowest BCUT2D eigenvalue weighted by molar-refractivity contribution is 0.0997. The number of imidazole rings is 1. The van der Waals surface area contributed by atoms with Gasteiger partial charge in [0.05, 0.1) is 12.3 Å². The minimum absolute atomic E-state index is 0.00529. The van der Waals surface area contributed by atoms with Gasteiger partial charge in [0.1, 0.15) is 17.1 Å². The molecule has 23 heavy (non-hydrogen) atoms. The molecule has 0 radical (unpaired) electrons. The molecule has 0 bridgehead atoms. The average Bonchev–Trinajstić information content (AvgIpc) is 2.83. The van der Waals surface area contributed by atoms with Gasteiger partial charge in [0, 0.05) is 0 Å². The summed E-state index contributed by atoms with van der Waals surface area (Å²) in [6, 6.07) is 6.99. The number of aryl methyl sites for hydroxylation is 1. The highest BCUT2D eigenvalue weighted by molar-refractivity contribution is 6.01. The SMILES string of the molecule is CCOc1ccc(-n2c(=O)[nH]c3c(C(N)=O)nc(C)nc32)cc1. The summed E-state index contributed by atoms with van der Waals surface area (Å²) >= 11 is 0. The maximum atomic E-state index is 12.3. The summed E-state index contributed by atoms with van der Waals surface area (Å²) in [7, 11) is 0. The van der Waals surface area contributed by atoms with Gasteiger partial charge in [-0.1, -0.05) is 0 Å².